The van der Waals surface area contributed by atoms with Gasteiger partial charge in [-0.2, -0.15) is 0 Å². The Hall–Kier alpha value is -2.43. The lowest BCUT2D eigenvalue weighted by Crippen LogP contribution is -2.12. The van der Waals surface area contributed by atoms with E-state index in [4.69, 9.17) is 14.2 Å². The predicted octanol–water partition coefficient (Wildman–Crippen LogP) is 3.12. The summed E-state index contributed by atoms with van der Waals surface area (Å²) in [7, 11) is 0. The summed E-state index contributed by atoms with van der Waals surface area (Å²) >= 11 is 0. The Labute approximate surface area is 129 Å². The Morgan fingerprint density at radius 3 is 2.73 bits per heavy atom. The maximum Gasteiger partial charge on any atom is 0.231 e. The van der Waals surface area contributed by atoms with E-state index < -0.39 is 0 Å². The lowest BCUT2D eigenvalue weighted by atomic mass is 10.1. The van der Waals surface area contributed by atoms with E-state index >= 15 is 0 Å². The molecular formula is C17H19NO4. The van der Waals surface area contributed by atoms with Crippen molar-refractivity contribution >= 4 is 5.78 Å². The molecule has 2 aromatic rings. The van der Waals surface area contributed by atoms with E-state index in [9.17, 15) is 4.79 Å². The highest BCUT2D eigenvalue weighted by Crippen LogP contribution is 2.35. The van der Waals surface area contributed by atoms with Crippen LogP contribution in [-0.2, 0) is 6.54 Å². The van der Waals surface area contributed by atoms with Gasteiger partial charge in [-0.3, -0.25) is 4.79 Å². The summed E-state index contributed by atoms with van der Waals surface area (Å²) in [6, 6.07) is 7.22. The van der Waals surface area contributed by atoms with Gasteiger partial charge in [0.15, 0.2) is 18.1 Å². The van der Waals surface area contributed by atoms with Crippen LogP contribution in [0.1, 0.15) is 28.7 Å². The van der Waals surface area contributed by atoms with Crippen LogP contribution in [0.4, 0.5) is 0 Å². The summed E-state index contributed by atoms with van der Waals surface area (Å²) in [4.78, 5) is 12.4. The van der Waals surface area contributed by atoms with Crippen molar-refractivity contribution < 1.29 is 19.0 Å². The van der Waals surface area contributed by atoms with Gasteiger partial charge in [0.1, 0.15) is 5.75 Å². The first-order chi connectivity index (χ1) is 10.6. The van der Waals surface area contributed by atoms with Gasteiger partial charge in [0.25, 0.3) is 0 Å². The number of ketones is 1. The number of Topliss-reactive ketones (excluding diaryl/α,β-unsaturated/α-hetero) is 1. The van der Waals surface area contributed by atoms with Gasteiger partial charge in [-0.1, -0.05) is 0 Å². The zero-order valence-corrected chi connectivity index (χ0v) is 13.0. The van der Waals surface area contributed by atoms with Crippen molar-refractivity contribution in [3.63, 3.8) is 0 Å². The van der Waals surface area contributed by atoms with Gasteiger partial charge < -0.3 is 18.8 Å². The molecule has 116 valence electrons. The molecule has 0 saturated carbocycles. The van der Waals surface area contributed by atoms with E-state index in [0.29, 0.717) is 17.2 Å². The Bertz CT molecular complexity index is 718. The Balaban J connectivity index is 1.70. The average molecular weight is 301 g/mol. The smallest absolute Gasteiger partial charge is 0.231 e. The number of ether oxygens (including phenoxy) is 3. The third-order valence-corrected chi connectivity index (χ3v) is 3.90. The first-order valence-electron chi connectivity index (χ1n) is 7.32. The van der Waals surface area contributed by atoms with Crippen LogP contribution in [-0.4, -0.2) is 23.8 Å². The van der Waals surface area contributed by atoms with Gasteiger partial charge in [0.05, 0.1) is 0 Å². The molecule has 0 N–H and O–H groups in total. The fraction of sp³-hybridized carbons (Fsp3) is 0.353. The third kappa shape index (κ3) is 2.54. The minimum Gasteiger partial charge on any atom is -0.485 e. The lowest BCUT2D eigenvalue weighted by Gasteiger charge is -2.07. The fourth-order valence-corrected chi connectivity index (χ4v) is 2.76. The molecule has 1 aromatic carbocycles. The summed E-state index contributed by atoms with van der Waals surface area (Å²) < 4.78 is 18.2. The summed E-state index contributed by atoms with van der Waals surface area (Å²) in [5.74, 6) is 1.92. The van der Waals surface area contributed by atoms with Gasteiger partial charge >= 0.3 is 0 Å². The van der Waals surface area contributed by atoms with Gasteiger partial charge in [-0.15, -0.1) is 0 Å². The van der Waals surface area contributed by atoms with E-state index in [1.807, 2.05) is 19.9 Å². The number of nitrogens with zero attached hydrogens (tertiary/aromatic N) is 1. The molecule has 0 fully saturated rings. The zero-order chi connectivity index (χ0) is 15.7. The molecule has 1 aromatic heterocycles. The molecule has 5 nitrogen and oxygen atoms in total. The molecule has 1 aliphatic rings. The molecule has 0 aliphatic carbocycles. The molecule has 0 atom stereocenters. The average Bonchev–Trinajstić information content (AvgIpc) is 3.08. The van der Waals surface area contributed by atoms with Gasteiger partial charge in [-0.25, -0.2) is 0 Å². The zero-order valence-electron chi connectivity index (χ0n) is 13.0. The molecule has 0 unspecified atom stereocenters. The van der Waals surface area contributed by atoms with Crippen molar-refractivity contribution in [1.82, 2.24) is 4.57 Å². The number of hydrogen-bond donors (Lipinski definition) is 0. The number of benzene rings is 1. The molecule has 22 heavy (non-hydrogen) atoms. The van der Waals surface area contributed by atoms with Crippen LogP contribution in [0.2, 0.25) is 0 Å². The first-order valence-corrected chi connectivity index (χ1v) is 7.32. The molecule has 0 radical (unpaired) electrons. The number of aryl methyl sites for hydroxylation is 1. The highest BCUT2D eigenvalue weighted by atomic mass is 16.7. The Morgan fingerprint density at radius 1 is 1.23 bits per heavy atom. The van der Waals surface area contributed by atoms with Gasteiger partial charge in [0.2, 0.25) is 12.6 Å². The molecule has 0 saturated heterocycles. The maximum atomic E-state index is 12.4. The lowest BCUT2D eigenvalue weighted by molar-refractivity contribution is 0.0920. The normalized spacial score (nSPS) is 12.5. The molecule has 0 spiro atoms. The van der Waals surface area contributed by atoms with E-state index in [1.54, 1.807) is 18.2 Å². The summed E-state index contributed by atoms with van der Waals surface area (Å²) in [6.45, 7) is 7.12. The number of carbonyl (C=O) groups excluding carboxylic acids is 1. The second-order valence-electron chi connectivity index (χ2n) is 5.26. The van der Waals surface area contributed by atoms with E-state index in [0.717, 1.165) is 23.5 Å². The minimum atomic E-state index is -0.0227. The third-order valence-electron chi connectivity index (χ3n) is 3.90. The van der Waals surface area contributed by atoms with E-state index in [-0.39, 0.29) is 19.2 Å². The first kappa shape index (κ1) is 14.5. The molecule has 5 heteroatoms. The van der Waals surface area contributed by atoms with Gasteiger partial charge in [0, 0.05) is 29.6 Å². The molecule has 0 bridgehead atoms. The van der Waals surface area contributed by atoms with Gasteiger partial charge in [-0.05, 0) is 39.0 Å². The SMILES string of the molecule is CCn1c(C)cc(C(=O)COc2ccc3c(c2)OCO3)c1C. The van der Waals surface area contributed by atoms with Crippen molar-refractivity contribution in [1.29, 1.82) is 0 Å². The number of hydrogen-bond acceptors (Lipinski definition) is 4. The molecule has 3 rings (SSSR count). The Kier molecular flexibility index (Phi) is 3.79. The minimum absolute atomic E-state index is 0.00759. The van der Waals surface area contributed by atoms with Crippen LogP contribution in [0, 0.1) is 13.8 Å². The summed E-state index contributed by atoms with van der Waals surface area (Å²) in [5, 5.41) is 0. The van der Waals surface area contributed by atoms with Crippen LogP contribution >= 0.6 is 0 Å². The highest BCUT2D eigenvalue weighted by molar-refractivity contribution is 5.98. The second kappa shape index (κ2) is 5.75. The van der Waals surface area contributed by atoms with Crippen molar-refractivity contribution in [3.8, 4) is 17.2 Å². The monoisotopic (exact) mass is 301 g/mol. The molecule has 1 aliphatic heterocycles. The van der Waals surface area contributed by atoms with Crippen molar-refractivity contribution in [2.75, 3.05) is 13.4 Å². The standard InChI is InChI=1S/C17H19NO4/c1-4-18-11(2)7-14(12(18)3)15(19)9-20-13-5-6-16-17(8-13)22-10-21-16/h5-8H,4,9-10H2,1-3H3. The van der Waals surface area contributed by atoms with Crippen LogP contribution in [0.3, 0.4) is 0 Å². The van der Waals surface area contributed by atoms with Crippen molar-refractivity contribution in [2.24, 2.45) is 0 Å². The van der Waals surface area contributed by atoms with Crippen molar-refractivity contribution in [3.05, 3.63) is 41.2 Å². The van der Waals surface area contributed by atoms with Crippen LogP contribution in [0.15, 0.2) is 24.3 Å². The Morgan fingerprint density at radius 2 is 2.00 bits per heavy atom. The molecular weight excluding hydrogens is 282 g/mol. The maximum absolute atomic E-state index is 12.4. The number of fused-ring (bicyclic) bond motifs is 1. The topological polar surface area (TPSA) is 49.7 Å². The number of rotatable bonds is 5. The van der Waals surface area contributed by atoms with Crippen molar-refractivity contribution in [2.45, 2.75) is 27.3 Å². The van der Waals surface area contributed by atoms with Crippen LogP contribution < -0.4 is 14.2 Å². The number of carbonyl (C=O) groups is 1. The number of aromatic nitrogens is 1. The van der Waals surface area contributed by atoms with Crippen LogP contribution in [0.25, 0.3) is 0 Å². The largest absolute Gasteiger partial charge is 0.485 e. The summed E-state index contributed by atoms with van der Waals surface area (Å²) in [5.41, 5.74) is 2.80. The predicted molar refractivity (Wildman–Crippen MR) is 82.0 cm³/mol. The van der Waals surface area contributed by atoms with Crippen LogP contribution in [0.5, 0.6) is 17.2 Å². The van der Waals surface area contributed by atoms with E-state index in [1.165, 1.54) is 0 Å². The van der Waals surface area contributed by atoms with E-state index in [2.05, 4.69) is 11.5 Å². The second-order valence-corrected chi connectivity index (χ2v) is 5.26. The highest BCUT2D eigenvalue weighted by Gasteiger charge is 2.17. The molecule has 2 heterocycles. The fourth-order valence-electron chi connectivity index (χ4n) is 2.76. The summed E-state index contributed by atoms with van der Waals surface area (Å²) in [6.07, 6.45) is 0. The quantitative estimate of drug-likeness (QED) is 0.796. The molecule has 0 amide bonds.